The van der Waals surface area contributed by atoms with Crippen molar-refractivity contribution < 1.29 is 9.26 Å². The highest BCUT2D eigenvalue weighted by Gasteiger charge is 2.26. The molecule has 1 aliphatic carbocycles. The number of nitrogens with one attached hydrogen (secondary N) is 1. The molecule has 0 spiro atoms. The molecule has 1 saturated carbocycles. The lowest BCUT2D eigenvalue weighted by Gasteiger charge is -2.20. The zero-order chi connectivity index (χ0) is 14.4. The van der Waals surface area contributed by atoms with E-state index in [1.165, 1.54) is 25.7 Å². The number of hydrogen-bond acceptors (Lipinski definition) is 5. The first-order chi connectivity index (χ1) is 9.78. The minimum Gasteiger partial charge on any atom is -0.373 e. The molecule has 2 unspecified atom stereocenters. The number of nitrogens with zero attached hydrogens (tertiary/aromatic N) is 2. The van der Waals surface area contributed by atoms with Crippen LogP contribution in [0, 0.1) is 5.92 Å². The predicted molar refractivity (Wildman–Crippen MR) is 77.5 cm³/mol. The van der Waals surface area contributed by atoms with Gasteiger partial charge in [-0.1, -0.05) is 31.3 Å². The minimum absolute atomic E-state index is 0.0444. The van der Waals surface area contributed by atoms with Gasteiger partial charge in [-0.2, -0.15) is 4.98 Å². The molecule has 5 nitrogen and oxygen atoms in total. The molecule has 1 aromatic rings. The Bertz CT molecular complexity index is 388. The van der Waals surface area contributed by atoms with Crippen LogP contribution in [0.1, 0.15) is 63.3 Å². The third-order valence-electron chi connectivity index (χ3n) is 4.34. The van der Waals surface area contributed by atoms with Gasteiger partial charge in [0.25, 0.3) is 0 Å². The second-order valence-electron chi connectivity index (χ2n) is 5.70. The van der Waals surface area contributed by atoms with Crippen molar-refractivity contribution in [2.24, 2.45) is 5.92 Å². The van der Waals surface area contributed by atoms with Crippen LogP contribution >= 0.6 is 0 Å². The Hall–Kier alpha value is -0.940. The van der Waals surface area contributed by atoms with E-state index >= 15 is 0 Å². The van der Waals surface area contributed by atoms with Gasteiger partial charge < -0.3 is 14.6 Å². The molecule has 0 aliphatic heterocycles. The van der Waals surface area contributed by atoms with Crippen LogP contribution in [0.3, 0.4) is 0 Å². The van der Waals surface area contributed by atoms with Gasteiger partial charge in [-0.3, -0.25) is 0 Å². The van der Waals surface area contributed by atoms with Crippen molar-refractivity contribution in [3.63, 3.8) is 0 Å². The summed E-state index contributed by atoms with van der Waals surface area (Å²) in [6.07, 6.45) is 8.05. The zero-order valence-electron chi connectivity index (χ0n) is 12.9. The number of ether oxygens (including phenoxy) is 1. The second-order valence-corrected chi connectivity index (χ2v) is 5.70. The molecule has 1 aliphatic rings. The Morgan fingerprint density at radius 3 is 2.75 bits per heavy atom. The summed E-state index contributed by atoms with van der Waals surface area (Å²) in [5.41, 5.74) is 0. The van der Waals surface area contributed by atoms with Crippen LogP contribution in [-0.2, 0) is 11.2 Å². The van der Waals surface area contributed by atoms with Gasteiger partial charge in [-0.25, -0.2) is 0 Å². The van der Waals surface area contributed by atoms with Gasteiger partial charge in [0, 0.05) is 19.6 Å². The topological polar surface area (TPSA) is 60.2 Å². The zero-order valence-corrected chi connectivity index (χ0v) is 12.9. The van der Waals surface area contributed by atoms with Gasteiger partial charge >= 0.3 is 0 Å². The van der Waals surface area contributed by atoms with Gasteiger partial charge in [-0.15, -0.1) is 0 Å². The van der Waals surface area contributed by atoms with Crippen LogP contribution in [0.4, 0.5) is 0 Å². The summed E-state index contributed by atoms with van der Waals surface area (Å²) in [5, 5.41) is 7.49. The maximum absolute atomic E-state index is 5.42. The molecule has 1 fully saturated rings. The summed E-state index contributed by atoms with van der Waals surface area (Å²) in [7, 11) is 3.72. The second kappa shape index (κ2) is 7.74. The molecule has 114 valence electrons. The number of methoxy groups -OCH3 is 1. The fraction of sp³-hybridized carbons (Fsp3) is 0.867. The molecule has 2 rings (SSSR count). The Morgan fingerprint density at radius 2 is 2.15 bits per heavy atom. The van der Waals surface area contributed by atoms with Crippen molar-refractivity contribution in [1.82, 2.24) is 15.5 Å². The Kier molecular flexibility index (Phi) is 5.98. The average molecular weight is 281 g/mol. The summed E-state index contributed by atoms with van der Waals surface area (Å²) in [4.78, 5) is 4.52. The summed E-state index contributed by atoms with van der Waals surface area (Å²) in [6, 6.07) is 0.443. The van der Waals surface area contributed by atoms with Crippen molar-refractivity contribution in [2.45, 2.75) is 64.0 Å². The highest BCUT2D eigenvalue weighted by molar-refractivity contribution is 4.95. The first-order valence-electron chi connectivity index (χ1n) is 7.81. The van der Waals surface area contributed by atoms with E-state index in [9.17, 15) is 0 Å². The molecule has 0 bridgehead atoms. The average Bonchev–Trinajstić information content (AvgIpc) is 3.13. The number of rotatable bonds is 8. The summed E-state index contributed by atoms with van der Waals surface area (Å²) in [5.74, 6) is 2.15. The van der Waals surface area contributed by atoms with Crippen molar-refractivity contribution >= 4 is 0 Å². The van der Waals surface area contributed by atoms with E-state index in [-0.39, 0.29) is 6.10 Å². The van der Waals surface area contributed by atoms with Crippen LogP contribution in [0.15, 0.2) is 4.52 Å². The molecule has 0 radical (unpaired) electrons. The smallest absolute Gasteiger partial charge is 0.228 e. The Balaban J connectivity index is 1.96. The first-order valence-corrected chi connectivity index (χ1v) is 7.81. The Morgan fingerprint density at radius 1 is 1.40 bits per heavy atom. The van der Waals surface area contributed by atoms with Crippen LogP contribution < -0.4 is 5.32 Å². The molecule has 0 saturated heterocycles. The van der Waals surface area contributed by atoms with Gasteiger partial charge in [0.15, 0.2) is 0 Å². The van der Waals surface area contributed by atoms with E-state index in [4.69, 9.17) is 9.26 Å². The monoisotopic (exact) mass is 281 g/mol. The van der Waals surface area contributed by atoms with E-state index < -0.39 is 0 Å². The van der Waals surface area contributed by atoms with Crippen molar-refractivity contribution in [2.75, 3.05) is 14.2 Å². The van der Waals surface area contributed by atoms with Crippen LogP contribution in [0.25, 0.3) is 0 Å². The van der Waals surface area contributed by atoms with Crippen LogP contribution in [0.2, 0.25) is 0 Å². The number of aromatic nitrogens is 2. The number of hydrogen-bond donors (Lipinski definition) is 1. The maximum atomic E-state index is 5.42. The predicted octanol–water partition coefficient (Wildman–Crippen LogP) is 2.88. The normalized spacial score (nSPS) is 19.4. The van der Waals surface area contributed by atoms with E-state index in [0.717, 1.165) is 31.1 Å². The van der Waals surface area contributed by atoms with Gasteiger partial charge in [0.1, 0.15) is 6.10 Å². The third-order valence-corrected chi connectivity index (χ3v) is 4.34. The summed E-state index contributed by atoms with van der Waals surface area (Å²) >= 11 is 0. The van der Waals surface area contributed by atoms with Gasteiger partial charge in [0.05, 0.1) is 0 Å². The lowest BCUT2D eigenvalue weighted by Crippen LogP contribution is -2.34. The largest absolute Gasteiger partial charge is 0.373 e. The third kappa shape index (κ3) is 3.79. The highest BCUT2D eigenvalue weighted by Crippen LogP contribution is 2.29. The molecule has 0 amide bonds. The SMILES string of the molecule is CCCC(OC)c1noc(CC(NC)C2CCCC2)n1. The van der Waals surface area contributed by atoms with E-state index in [1.54, 1.807) is 7.11 Å². The quantitative estimate of drug-likeness (QED) is 0.794. The van der Waals surface area contributed by atoms with Crippen molar-refractivity contribution in [1.29, 1.82) is 0 Å². The standard InChI is InChI=1S/C15H27N3O2/c1-4-7-13(19-3)15-17-14(20-18-15)10-12(16-2)11-8-5-6-9-11/h11-13,16H,4-10H2,1-3H3. The Labute approximate surface area is 121 Å². The molecule has 1 heterocycles. The highest BCUT2D eigenvalue weighted by atomic mass is 16.5. The molecular formula is C15H27N3O2. The van der Waals surface area contributed by atoms with E-state index in [2.05, 4.69) is 22.4 Å². The fourth-order valence-electron chi connectivity index (χ4n) is 3.15. The number of likely N-dealkylation sites (N-methyl/N-ethyl adjacent to an activating group) is 1. The van der Waals surface area contributed by atoms with Gasteiger partial charge in [0.2, 0.25) is 11.7 Å². The van der Waals surface area contributed by atoms with E-state index in [1.807, 2.05) is 7.05 Å². The molecule has 5 heteroatoms. The molecule has 1 aromatic heterocycles. The molecule has 0 aromatic carbocycles. The molecule has 2 atom stereocenters. The molecule has 20 heavy (non-hydrogen) atoms. The first kappa shape index (κ1) is 15.4. The van der Waals surface area contributed by atoms with E-state index in [0.29, 0.717) is 11.9 Å². The maximum Gasteiger partial charge on any atom is 0.228 e. The molecule has 1 N–H and O–H groups in total. The van der Waals surface area contributed by atoms with Crippen LogP contribution in [0.5, 0.6) is 0 Å². The lowest BCUT2D eigenvalue weighted by atomic mass is 9.95. The molecular weight excluding hydrogens is 254 g/mol. The summed E-state index contributed by atoms with van der Waals surface area (Å²) < 4.78 is 10.8. The minimum atomic E-state index is -0.0444. The lowest BCUT2D eigenvalue weighted by molar-refractivity contribution is 0.0854. The summed E-state index contributed by atoms with van der Waals surface area (Å²) in [6.45, 7) is 2.13. The fourth-order valence-corrected chi connectivity index (χ4v) is 3.15. The van der Waals surface area contributed by atoms with Crippen molar-refractivity contribution in [3.05, 3.63) is 11.7 Å². The van der Waals surface area contributed by atoms with Crippen LogP contribution in [-0.4, -0.2) is 30.3 Å². The van der Waals surface area contributed by atoms with Gasteiger partial charge in [-0.05, 0) is 32.2 Å². The van der Waals surface area contributed by atoms with Crippen molar-refractivity contribution in [3.8, 4) is 0 Å².